The number of amides is 3. The number of carbonyl (C=O) groups excluding carboxylic acids is 2. The third-order valence-electron chi connectivity index (χ3n) is 3.95. The molecule has 2 aliphatic carbocycles. The highest BCUT2D eigenvalue weighted by Gasteiger charge is 2.53. The van der Waals surface area contributed by atoms with Gasteiger partial charge >= 0.3 is 12.0 Å². The summed E-state index contributed by atoms with van der Waals surface area (Å²) in [6.45, 7) is 0.576. The number of aliphatic carboxylic acids is 1. The number of carbonyl (C=O) groups is 3. The Bertz CT molecular complexity index is 402. The van der Waals surface area contributed by atoms with Crippen LogP contribution in [-0.4, -0.2) is 35.6 Å². The summed E-state index contributed by atoms with van der Waals surface area (Å²) < 4.78 is 0. The van der Waals surface area contributed by atoms with Crippen LogP contribution in [0.3, 0.4) is 0 Å². The second kappa shape index (κ2) is 5.07. The van der Waals surface area contributed by atoms with Crippen LogP contribution in [0.5, 0.6) is 0 Å². The molecule has 0 aromatic rings. The summed E-state index contributed by atoms with van der Waals surface area (Å²) in [4.78, 5) is 33.2. The third-order valence-corrected chi connectivity index (χ3v) is 3.95. The second-order valence-corrected chi connectivity index (χ2v) is 5.52. The van der Waals surface area contributed by atoms with Crippen LogP contribution in [0.25, 0.3) is 0 Å². The number of carboxylic acid groups (broad SMARTS) is 1. The van der Waals surface area contributed by atoms with Crippen molar-refractivity contribution in [3.63, 3.8) is 0 Å². The minimum Gasteiger partial charge on any atom is -0.480 e. The molecule has 0 saturated heterocycles. The Morgan fingerprint density at radius 2 is 1.95 bits per heavy atom. The van der Waals surface area contributed by atoms with Crippen LogP contribution < -0.4 is 16.4 Å². The number of nitrogens with two attached hydrogens (primary N) is 1. The molecule has 0 heterocycles. The van der Waals surface area contributed by atoms with Crippen molar-refractivity contribution < 1.29 is 19.5 Å². The third kappa shape index (κ3) is 3.59. The Balaban J connectivity index is 1.76. The van der Waals surface area contributed by atoms with Gasteiger partial charge in [0, 0.05) is 6.54 Å². The van der Waals surface area contributed by atoms with Crippen molar-refractivity contribution >= 4 is 17.9 Å². The van der Waals surface area contributed by atoms with E-state index in [-0.39, 0.29) is 5.41 Å². The molecule has 5 N–H and O–H groups in total. The lowest BCUT2D eigenvalue weighted by Crippen LogP contribution is -2.48. The van der Waals surface area contributed by atoms with Gasteiger partial charge in [0.1, 0.15) is 6.04 Å². The Hall–Kier alpha value is -1.79. The Kier molecular flexibility index (Phi) is 3.64. The Labute approximate surface area is 110 Å². The number of nitrogens with one attached hydrogen (secondary N) is 2. The molecule has 1 atom stereocenters. The van der Waals surface area contributed by atoms with Crippen LogP contribution in [-0.2, 0) is 9.59 Å². The molecule has 2 saturated carbocycles. The van der Waals surface area contributed by atoms with Gasteiger partial charge in [-0.25, -0.2) is 9.59 Å². The monoisotopic (exact) mass is 269 g/mol. The molecule has 2 rings (SSSR count). The highest BCUT2D eigenvalue weighted by Crippen LogP contribution is 2.60. The van der Waals surface area contributed by atoms with E-state index in [0.29, 0.717) is 12.5 Å². The highest BCUT2D eigenvalue weighted by atomic mass is 16.4. The molecular weight excluding hydrogens is 250 g/mol. The number of carboxylic acids is 1. The van der Waals surface area contributed by atoms with Gasteiger partial charge in [0.25, 0.3) is 0 Å². The maximum absolute atomic E-state index is 11.6. The minimum absolute atomic E-state index is 0.250. The molecule has 3 amide bonds. The van der Waals surface area contributed by atoms with Gasteiger partial charge in [-0.3, -0.25) is 4.79 Å². The van der Waals surface area contributed by atoms with Crippen LogP contribution >= 0.6 is 0 Å². The maximum atomic E-state index is 11.6. The van der Waals surface area contributed by atoms with Crippen LogP contribution in [0.1, 0.15) is 32.1 Å². The van der Waals surface area contributed by atoms with E-state index in [2.05, 4.69) is 10.6 Å². The predicted molar refractivity (Wildman–Crippen MR) is 66.2 cm³/mol. The van der Waals surface area contributed by atoms with Crippen molar-refractivity contribution in [1.82, 2.24) is 10.6 Å². The predicted octanol–water partition coefficient (Wildman–Crippen LogP) is -0.196. The molecule has 106 valence electrons. The second-order valence-electron chi connectivity index (χ2n) is 5.52. The summed E-state index contributed by atoms with van der Waals surface area (Å²) in [5, 5.41) is 13.8. The zero-order valence-electron chi connectivity index (χ0n) is 10.6. The fraction of sp³-hybridized carbons (Fsp3) is 0.750. The van der Waals surface area contributed by atoms with Crippen LogP contribution in [0.15, 0.2) is 0 Å². The first-order valence-corrected chi connectivity index (χ1v) is 6.48. The summed E-state index contributed by atoms with van der Waals surface area (Å²) >= 11 is 0. The number of hydrogen-bond acceptors (Lipinski definition) is 3. The molecule has 7 heteroatoms. The van der Waals surface area contributed by atoms with E-state index in [9.17, 15) is 14.4 Å². The van der Waals surface area contributed by atoms with E-state index in [1.54, 1.807) is 0 Å². The van der Waals surface area contributed by atoms with Crippen LogP contribution in [0.2, 0.25) is 0 Å². The molecule has 0 spiro atoms. The maximum Gasteiger partial charge on any atom is 0.326 e. The van der Waals surface area contributed by atoms with Crippen LogP contribution in [0.4, 0.5) is 4.79 Å². The normalized spacial score (nSPS) is 21.3. The first kappa shape index (κ1) is 13.6. The van der Waals surface area contributed by atoms with Crippen molar-refractivity contribution in [2.24, 2.45) is 17.1 Å². The minimum atomic E-state index is -1.27. The number of rotatable bonds is 7. The van der Waals surface area contributed by atoms with Gasteiger partial charge in [-0.1, -0.05) is 0 Å². The molecule has 2 fully saturated rings. The van der Waals surface area contributed by atoms with Crippen molar-refractivity contribution in [3.05, 3.63) is 0 Å². The van der Waals surface area contributed by atoms with Gasteiger partial charge < -0.3 is 21.5 Å². The summed E-state index contributed by atoms with van der Waals surface area (Å²) in [5.74, 6) is -1.31. The molecule has 0 aromatic carbocycles. The Morgan fingerprint density at radius 1 is 1.32 bits per heavy atom. The smallest absolute Gasteiger partial charge is 0.326 e. The molecule has 0 aliphatic heterocycles. The molecule has 0 bridgehead atoms. The summed E-state index contributed by atoms with van der Waals surface area (Å²) in [7, 11) is 0. The molecule has 0 aromatic heterocycles. The summed E-state index contributed by atoms with van der Waals surface area (Å²) in [5.41, 5.74) is 5.18. The first-order chi connectivity index (χ1) is 8.93. The Morgan fingerprint density at radius 3 is 2.37 bits per heavy atom. The zero-order chi connectivity index (χ0) is 14.0. The lowest BCUT2D eigenvalue weighted by molar-refractivity contribution is -0.140. The zero-order valence-corrected chi connectivity index (χ0v) is 10.6. The molecule has 7 nitrogen and oxygen atoms in total. The van der Waals surface area contributed by atoms with E-state index < -0.39 is 30.4 Å². The molecule has 19 heavy (non-hydrogen) atoms. The van der Waals surface area contributed by atoms with Crippen molar-refractivity contribution in [1.29, 1.82) is 0 Å². The van der Waals surface area contributed by atoms with E-state index >= 15 is 0 Å². The summed E-state index contributed by atoms with van der Waals surface area (Å²) in [6, 6.07) is -1.82. The van der Waals surface area contributed by atoms with Crippen molar-refractivity contribution in [3.8, 4) is 0 Å². The lowest BCUT2D eigenvalue weighted by atomic mass is 10.0. The lowest BCUT2D eigenvalue weighted by Gasteiger charge is -2.17. The van der Waals surface area contributed by atoms with Gasteiger partial charge in [-0.2, -0.15) is 0 Å². The molecule has 0 unspecified atom stereocenters. The average molecular weight is 269 g/mol. The van der Waals surface area contributed by atoms with Crippen molar-refractivity contribution in [2.75, 3.05) is 6.54 Å². The highest BCUT2D eigenvalue weighted by molar-refractivity contribution is 5.87. The fourth-order valence-electron chi connectivity index (χ4n) is 2.45. The first-order valence-electron chi connectivity index (χ1n) is 6.48. The van der Waals surface area contributed by atoms with Gasteiger partial charge in [-0.05, 0) is 37.0 Å². The topological polar surface area (TPSA) is 122 Å². The van der Waals surface area contributed by atoms with E-state index in [1.807, 2.05) is 0 Å². The van der Waals surface area contributed by atoms with Crippen LogP contribution in [0, 0.1) is 11.3 Å². The van der Waals surface area contributed by atoms with Gasteiger partial charge in [0.15, 0.2) is 0 Å². The van der Waals surface area contributed by atoms with E-state index in [4.69, 9.17) is 10.8 Å². The van der Waals surface area contributed by atoms with Crippen molar-refractivity contribution in [2.45, 2.75) is 38.1 Å². The molecule has 0 radical (unpaired) electrons. The molecular formula is C12H19N3O4. The fourth-order valence-corrected chi connectivity index (χ4v) is 2.45. The quantitative estimate of drug-likeness (QED) is 0.511. The molecule has 2 aliphatic rings. The summed E-state index contributed by atoms with van der Waals surface area (Å²) in [6.07, 6.45) is 4.30. The van der Waals surface area contributed by atoms with E-state index in [0.717, 1.165) is 12.8 Å². The number of urea groups is 1. The van der Waals surface area contributed by atoms with Gasteiger partial charge in [0.05, 0.1) is 6.42 Å². The SMILES string of the molecule is NC(=O)C[C@@H](NC(=O)NCC1(C2CC2)CC1)C(=O)O. The number of primary amides is 1. The standard InChI is InChI=1S/C12H19N3O4/c13-9(16)5-8(10(17)18)15-11(19)14-6-12(3-4-12)7-1-2-7/h7-8H,1-6H2,(H2,13,16)(H,17,18)(H2,14,15,19)/t8-/m1/s1. The largest absolute Gasteiger partial charge is 0.480 e. The number of hydrogen-bond donors (Lipinski definition) is 4. The van der Waals surface area contributed by atoms with Gasteiger partial charge in [0.2, 0.25) is 5.91 Å². The average Bonchev–Trinajstić information content (AvgIpc) is 3.15. The van der Waals surface area contributed by atoms with Gasteiger partial charge in [-0.15, -0.1) is 0 Å². The van der Waals surface area contributed by atoms with E-state index in [1.165, 1.54) is 12.8 Å².